The number of nitrogens with one attached hydrogen (secondary N) is 2. The Morgan fingerprint density at radius 3 is 2.91 bits per heavy atom. The zero-order chi connectivity index (χ0) is 15.6. The number of rotatable bonds is 3. The molecule has 0 bridgehead atoms. The molecule has 0 radical (unpaired) electrons. The number of aromatic amines is 1. The largest absolute Gasteiger partial charge is 0.317 e. The van der Waals surface area contributed by atoms with E-state index >= 15 is 0 Å². The van der Waals surface area contributed by atoms with Crippen molar-refractivity contribution in [3.8, 4) is 11.5 Å². The van der Waals surface area contributed by atoms with Gasteiger partial charge in [-0.05, 0) is 61.3 Å². The molecule has 6 heteroatoms. The van der Waals surface area contributed by atoms with Gasteiger partial charge in [-0.25, -0.2) is 4.98 Å². The summed E-state index contributed by atoms with van der Waals surface area (Å²) in [6.07, 6.45) is 5.09. The lowest BCUT2D eigenvalue weighted by Crippen LogP contribution is -2.28. The molecule has 3 aromatic heterocycles. The molecule has 23 heavy (non-hydrogen) atoms. The van der Waals surface area contributed by atoms with Crippen LogP contribution in [0.4, 0.5) is 0 Å². The monoisotopic (exact) mass is 326 g/mol. The molecule has 3 aromatic rings. The highest BCUT2D eigenvalue weighted by molar-refractivity contribution is 7.17. The summed E-state index contributed by atoms with van der Waals surface area (Å²) in [6.45, 7) is 2.17. The highest BCUT2D eigenvalue weighted by Gasteiger charge is 2.18. The quantitative estimate of drug-likeness (QED) is 0.776. The standard InChI is InChI=1S/C17H18N4OS/c22-17-15-14(20-16(21-17)13-3-1-2-6-19-13)12(10-23-15)9-11-4-7-18-8-5-11/h1-3,6,10-11,18H,4-5,7-9H2,(H,20,21,22). The fourth-order valence-electron chi connectivity index (χ4n) is 3.14. The summed E-state index contributed by atoms with van der Waals surface area (Å²) >= 11 is 1.49. The van der Waals surface area contributed by atoms with E-state index in [0.29, 0.717) is 22.1 Å². The molecule has 0 atom stereocenters. The van der Waals surface area contributed by atoms with Gasteiger partial charge in [0.2, 0.25) is 0 Å². The molecule has 0 aromatic carbocycles. The van der Waals surface area contributed by atoms with Crippen molar-refractivity contribution in [2.75, 3.05) is 13.1 Å². The van der Waals surface area contributed by atoms with Crippen molar-refractivity contribution in [2.45, 2.75) is 19.3 Å². The van der Waals surface area contributed by atoms with Crippen molar-refractivity contribution in [1.29, 1.82) is 0 Å². The summed E-state index contributed by atoms with van der Waals surface area (Å²) in [5.74, 6) is 1.22. The Hall–Kier alpha value is -2.05. The first kappa shape index (κ1) is 14.5. The number of hydrogen-bond donors (Lipinski definition) is 2. The Morgan fingerprint density at radius 2 is 2.13 bits per heavy atom. The molecule has 4 rings (SSSR count). The van der Waals surface area contributed by atoms with E-state index in [1.807, 2.05) is 18.2 Å². The third-order valence-electron chi connectivity index (χ3n) is 4.37. The molecular formula is C17H18N4OS. The number of pyridine rings is 1. The van der Waals surface area contributed by atoms with Crippen molar-refractivity contribution in [3.63, 3.8) is 0 Å². The topological polar surface area (TPSA) is 70.7 Å². The van der Waals surface area contributed by atoms with Crippen LogP contribution in [0.15, 0.2) is 34.6 Å². The summed E-state index contributed by atoms with van der Waals surface area (Å²) in [7, 11) is 0. The predicted molar refractivity (Wildman–Crippen MR) is 92.8 cm³/mol. The summed E-state index contributed by atoms with van der Waals surface area (Å²) < 4.78 is 0.716. The van der Waals surface area contributed by atoms with Gasteiger partial charge in [0.05, 0.1) is 5.52 Å². The van der Waals surface area contributed by atoms with E-state index in [1.54, 1.807) is 6.20 Å². The van der Waals surface area contributed by atoms with Crippen LogP contribution in [0.1, 0.15) is 18.4 Å². The van der Waals surface area contributed by atoms with Crippen LogP contribution in [0.5, 0.6) is 0 Å². The van der Waals surface area contributed by atoms with Gasteiger partial charge in [0, 0.05) is 6.20 Å². The third-order valence-corrected chi connectivity index (χ3v) is 5.39. The molecule has 0 amide bonds. The summed E-state index contributed by atoms with van der Waals surface area (Å²) in [4.78, 5) is 24.2. The second-order valence-corrected chi connectivity index (χ2v) is 6.85. The van der Waals surface area contributed by atoms with Crippen molar-refractivity contribution < 1.29 is 0 Å². The predicted octanol–water partition coefficient (Wildman–Crippen LogP) is 2.59. The first-order chi connectivity index (χ1) is 11.3. The normalized spacial score (nSPS) is 16.0. The highest BCUT2D eigenvalue weighted by Crippen LogP contribution is 2.27. The molecule has 0 saturated carbocycles. The van der Waals surface area contributed by atoms with Crippen molar-refractivity contribution in [3.05, 3.63) is 45.7 Å². The van der Waals surface area contributed by atoms with Gasteiger partial charge in [-0.15, -0.1) is 11.3 Å². The molecule has 0 spiro atoms. The second-order valence-electron chi connectivity index (χ2n) is 5.97. The zero-order valence-corrected chi connectivity index (χ0v) is 13.5. The number of thiophene rings is 1. The maximum absolute atomic E-state index is 12.4. The fourth-order valence-corrected chi connectivity index (χ4v) is 4.06. The van der Waals surface area contributed by atoms with Crippen LogP contribution in [0, 0.1) is 5.92 Å². The smallest absolute Gasteiger partial charge is 0.269 e. The van der Waals surface area contributed by atoms with E-state index in [2.05, 4.69) is 20.7 Å². The SMILES string of the molecule is O=c1[nH]c(-c2ccccn2)nc2c(CC3CCNCC3)csc12. The molecule has 5 nitrogen and oxygen atoms in total. The van der Waals surface area contributed by atoms with Crippen LogP contribution < -0.4 is 10.9 Å². The third kappa shape index (κ3) is 2.92. The van der Waals surface area contributed by atoms with Crippen LogP contribution >= 0.6 is 11.3 Å². The van der Waals surface area contributed by atoms with E-state index in [9.17, 15) is 4.79 Å². The maximum atomic E-state index is 12.4. The van der Waals surface area contributed by atoms with Gasteiger partial charge in [0.15, 0.2) is 5.82 Å². The molecular weight excluding hydrogens is 308 g/mol. The molecule has 1 fully saturated rings. The minimum atomic E-state index is -0.0720. The minimum absolute atomic E-state index is 0.0720. The number of nitrogens with zero attached hydrogens (tertiary/aromatic N) is 2. The van der Waals surface area contributed by atoms with Crippen molar-refractivity contribution in [1.82, 2.24) is 20.3 Å². The molecule has 118 valence electrons. The number of fused-ring (bicyclic) bond motifs is 1. The molecule has 0 unspecified atom stereocenters. The van der Waals surface area contributed by atoms with Gasteiger partial charge in [0.25, 0.3) is 5.56 Å². The average molecular weight is 326 g/mol. The Balaban J connectivity index is 1.74. The van der Waals surface area contributed by atoms with Gasteiger partial charge in [-0.1, -0.05) is 6.07 Å². The van der Waals surface area contributed by atoms with Gasteiger partial charge in [0.1, 0.15) is 10.4 Å². The lowest BCUT2D eigenvalue weighted by Gasteiger charge is -2.22. The van der Waals surface area contributed by atoms with Gasteiger partial charge >= 0.3 is 0 Å². The zero-order valence-electron chi connectivity index (χ0n) is 12.7. The molecule has 2 N–H and O–H groups in total. The molecule has 1 saturated heterocycles. The summed E-state index contributed by atoms with van der Waals surface area (Å²) in [5, 5.41) is 5.49. The molecule has 1 aliphatic rings. The fraction of sp³-hybridized carbons (Fsp3) is 0.353. The highest BCUT2D eigenvalue weighted by atomic mass is 32.1. The van der Waals surface area contributed by atoms with E-state index in [0.717, 1.165) is 25.0 Å². The first-order valence-electron chi connectivity index (χ1n) is 7.94. The molecule has 0 aliphatic carbocycles. The number of piperidine rings is 1. The van der Waals surface area contributed by atoms with Crippen molar-refractivity contribution >= 4 is 21.6 Å². The van der Waals surface area contributed by atoms with E-state index in [1.165, 1.54) is 29.7 Å². The molecule has 1 aliphatic heterocycles. The second kappa shape index (κ2) is 6.22. The van der Waals surface area contributed by atoms with Crippen LogP contribution in [0.25, 0.3) is 21.7 Å². The van der Waals surface area contributed by atoms with Crippen LogP contribution in [-0.4, -0.2) is 28.0 Å². The average Bonchev–Trinajstić information content (AvgIpc) is 3.00. The van der Waals surface area contributed by atoms with Crippen LogP contribution in [0.2, 0.25) is 0 Å². The van der Waals surface area contributed by atoms with Gasteiger partial charge in [-0.3, -0.25) is 9.78 Å². The first-order valence-corrected chi connectivity index (χ1v) is 8.82. The van der Waals surface area contributed by atoms with Crippen molar-refractivity contribution in [2.24, 2.45) is 5.92 Å². The maximum Gasteiger partial charge on any atom is 0.269 e. The lowest BCUT2D eigenvalue weighted by molar-refractivity contribution is 0.373. The van der Waals surface area contributed by atoms with Crippen LogP contribution in [0.3, 0.4) is 0 Å². The summed E-state index contributed by atoms with van der Waals surface area (Å²) in [6, 6.07) is 5.62. The van der Waals surface area contributed by atoms with Gasteiger partial charge < -0.3 is 10.3 Å². The van der Waals surface area contributed by atoms with E-state index < -0.39 is 0 Å². The Kier molecular flexibility index (Phi) is 3.93. The van der Waals surface area contributed by atoms with E-state index in [-0.39, 0.29) is 5.56 Å². The minimum Gasteiger partial charge on any atom is -0.317 e. The molecule has 4 heterocycles. The number of H-pyrrole nitrogens is 1. The number of hydrogen-bond acceptors (Lipinski definition) is 5. The summed E-state index contributed by atoms with van der Waals surface area (Å²) in [5.41, 5.74) is 2.67. The Labute approximate surface area is 137 Å². The number of aromatic nitrogens is 3. The van der Waals surface area contributed by atoms with Crippen LogP contribution in [-0.2, 0) is 6.42 Å². The Morgan fingerprint density at radius 1 is 1.26 bits per heavy atom. The van der Waals surface area contributed by atoms with E-state index in [4.69, 9.17) is 4.98 Å². The Bertz CT molecular complexity index is 865. The lowest BCUT2D eigenvalue weighted by atomic mass is 9.92. The van der Waals surface area contributed by atoms with Gasteiger partial charge in [-0.2, -0.15) is 0 Å².